The highest BCUT2D eigenvalue weighted by molar-refractivity contribution is 5.66. The second kappa shape index (κ2) is 7.61. The number of hydrogen-bond acceptors (Lipinski definition) is 2. The number of carbonyl (C=O) groups is 1. The van der Waals surface area contributed by atoms with Crippen molar-refractivity contribution in [3.05, 3.63) is 12.2 Å². The Morgan fingerprint density at radius 1 is 0.765 bits per heavy atom. The predicted octanol–water partition coefficient (Wildman–Crippen LogP) is 8.60. The molecule has 0 amide bonds. The number of carbonyl (C=O) groups excluding carboxylic acids is 1. The smallest absolute Gasteiger partial charge is 0.302 e. The first-order valence-corrected chi connectivity index (χ1v) is 14.5. The van der Waals surface area contributed by atoms with Crippen LogP contribution in [-0.2, 0) is 9.53 Å². The fraction of sp³-hybridized carbons (Fsp3) is 0.906. The van der Waals surface area contributed by atoms with Crippen LogP contribution in [0.1, 0.15) is 120 Å². The Hall–Kier alpha value is -0.790. The number of hydrogen-bond donors (Lipinski definition) is 0. The topological polar surface area (TPSA) is 26.3 Å². The molecule has 0 spiro atoms. The molecular weight excluding hydrogens is 416 g/mol. The van der Waals surface area contributed by atoms with Gasteiger partial charge in [-0.15, -0.1) is 0 Å². The molecule has 5 rings (SSSR count). The third-order valence-corrected chi connectivity index (χ3v) is 13.7. The molecule has 10 atom stereocenters. The quantitative estimate of drug-likeness (QED) is 0.299. The number of ether oxygens (including phenoxy) is 1. The maximum absolute atomic E-state index is 11.9. The molecule has 34 heavy (non-hydrogen) atoms. The maximum Gasteiger partial charge on any atom is 0.302 e. The highest BCUT2D eigenvalue weighted by Crippen LogP contribution is 2.77. The molecule has 3 unspecified atom stereocenters. The van der Waals surface area contributed by atoms with Crippen molar-refractivity contribution in [2.45, 2.75) is 126 Å². The van der Waals surface area contributed by atoms with Gasteiger partial charge in [-0.2, -0.15) is 0 Å². The molecule has 0 aromatic rings. The number of rotatable bonds is 2. The van der Waals surface area contributed by atoms with E-state index in [4.69, 9.17) is 4.74 Å². The van der Waals surface area contributed by atoms with Gasteiger partial charge in [-0.25, -0.2) is 0 Å². The molecule has 2 heteroatoms. The normalized spacial score (nSPS) is 53.6. The average molecular weight is 469 g/mol. The number of fused-ring (bicyclic) bond motifs is 7. The third kappa shape index (κ3) is 3.08. The largest absolute Gasteiger partial charge is 0.462 e. The lowest BCUT2D eigenvalue weighted by Crippen LogP contribution is -2.66. The SMILES string of the molecule is C=C(C)[C@@H]1CC[C@]2(C)CC[C@]3(C)[C@@H](CCC4[C@@]5(C)CC[C@H](OC(C)=O)C(C)(C)C5CC[C@]43C)C12. The second-order valence-electron chi connectivity index (χ2n) is 15.3. The summed E-state index contributed by atoms with van der Waals surface area (Å²) in [5.74, 6) is 3.74. The summed E-state index contributed by atoms with van der Waals surface area (Å²) in [7, 11) is 0. The second-order valence-corrected chi connectivity index (χ2v) is 15.3. The van der Waals surface area contributed by atoms with E-state index in [1.807, 2.05) is 0 Å². The average Bonchev–Trinajstić information content (AvgIpc) is 3.08. The van der Waals surface area contributed by atoms with Crippen molar-refractivity contribution < 1.29 is 9.53 Å². The Morgan fingerprint density at radius 2 is 1.47 bits per heavy atom. The summed E-state index contributed by atoms with van der Waals surface area (Å²) in [5, 5.41) is 0. The molecular formula is C32H52O2. The Morgan fingerprint density at radius 3 is 2.12 bits per heavy atom. The van der Waals surface area contributed by atoms with Crippen LogP contribution in [-0.4, -0.2) is 12.1 Å². The first-order valence-electron chi connectivity index (χ1n) is 14.5. The van der Waals surface area contributed by atoms with Gasteiger partial charge in [-0.3, -0.25) is 4.79 Å². The molecule has 192 valence electrons. The highest BCUT2D eigenvalue weighted by Gasteiger charge is 2.70. The van der Waals surface area contributed by atoms with E-state index in [9.17, 15) is 4.79 Å². The lowest BCUT2D eigenvalue weighted by Gasteiger charge is -2.73. The van der Waals surface area contributed by atoms with Gasteiger partial charge < -0.3 is 4.74 Å². The van der Waals surface area contributed by atoms with E-state index in [0.29, 0.717) is 27.6 Å². The highest BCUT2D eigenvalue weighted by atomic mass is 16.5. The molecule has 2 nitrogen and oxygen atoms in total. The molecule has 5 aliphatic rings. The molecule has 0 aromatic heterocycles. The molecule has 0 aliphatic heterocycles. The van der Waals surface area contributed by atoms with E-state index in [2.05, 4.69) is 55.0 Å². The molecule has 0 aromatic carbocycles. The van der Waals surface area contributed by atoms with Gasteiger partial charge in [0.05, 0.1) is 0 Å². The summed E-state index contributed by atoms with van der Waals surface area (Å²) >= 11 is 0. The van der Waals surface area contributed by atoms with Gasteiger partial charge in [0.2, 0.25) is 0 Å². The molecule has 0 heterocycles. The van der Waals surface area contributed by atoms with E-state index in [0.717, 1.165) is 30.1 Å². The lowest BCUT2D eigenvalue weighted by molar-refractivity contribution is -0.248. The van der Waals surface area contributed by atoms with Crippen LogP contribution in [0.5, 0.6) is 0 Å². The van der Waals surface area contributed by atoms with Gasteiger partial charge in [0.1, 0.15) is 6.10 Å². The minimum Gasteiger partial charge on any atom is -0.462 e. The maximum atomic E-state index is 11.9. The summed E-state index contributed by atoms with van der Waals surface area (Å²) in [5.41, 5.74) is 3.23. The summed E-state index contributed by atoms with van der Waals surface area (Å²) < 4.78 is 5.91. The molecule has 0 bridgehead atoms. The lowest BCUT2D eigenvalue weighted by atomic mass is 9.32. The fourth-order valence-electron chi connectivity index (χ4n) is 11.9. The molecule has 0 N–H and O–H groups in total. The van der Waals surface area contributed by atoms with Crippen LogP contribution in [0.4, 0.5) is 0 Å². The monoisotopic (exact) mass is 468 g/mol. The zero-order valence-electron chi connectivity index (χ0n) is 23.6. The Kier molecular flexibility index (Phi) is 5.57. The van der Waals surface area contributed by atoms with Crippen molar-refractivity contribution in [1.29, 1.82) is 0 Å². The van der Waals surface area contributed by atoms with Crippen LogP contribution in [0.25, 0.3) is 0 Å². The first kappa shape index (κ1) is 24.9. The first-order chi connectivity index (χ1) is 15.7. The van der Waals surface area contributed by atoms with Gasteiger partial charge >= 0.3 is 5.97 Å². The summed E-state index contributed by atoms with van der Waals surface area (Å²) in [6, 6.07) is 0. The van der Waals surface area contributed by atoms with Crippen LogP contribution < -0.4 is 0 Å². The van der Waals surface area contributed by atoms with Gasteiger partial charge in [-0.05, 0) is 122 Å². The number of esters is 1. The zero-order valence-corrected chi connectivity index (χ0v) is 23.6. The van der Waals surface area contributed by atoms with Crippen molar-refractivity contribution in [2.75, 3.05) is 0 Å². The zero-order chi connectivity index (χ0) is 24.9. The molecule has 5 saturated carbocycles. The van der Waals surface area contributed by atoms with Gasteiger partial charge in [0.25, 0.3) is 0 Å². The Labute approximate surface area is 210 Å². The van der Waals surface area contributed by atoms with Crippen molar-refractivity contribution in [2.24, 2.45) is 56.7 Å². The van der Waals surface area contributed by atoms with Gasteiger partial charge in [0, 0.05) is 12.3 Å². The summed E-state index contributed by atoms with van der Waals surface area (Å²) in [4.78, 5) is 11.9. The van der Waals surface area contributed by atoms with Crippen LogP contribution in [0, 0.1) is 56.7 Å². The van der Waals surface area contributed by atoms with Crippen molar-refractivity contribution in [1.82, 2.24) is 0 Å². The minimum atomic E-state index is -0.107. The standard InChI is InChI=1S/C32H52O2/c1-20(2)22-12-15-29(6)18-19-31(8)23(27(22)29)10-11-25-30(7)16-14-26(34-21(3)33)28(4,5)24(30)13-17-32(25,31)9/h22-27H,1,10-19H2,2-9H3/t22-,23-,24?,25?,26-,27?,29+,30-,31+,32+/m0/s1. The van der Waals surface area contributed by atoms with Crippen molar-refractivity contribution in [3.8, 4) is 0 Å². The van der Waals surface area contributed by atoms with Crippen LogP contribution in [0.3, 0.4) is 0 Å². The van der Waals surface area contributed by atoms with Crippen LogP contribution in [0.15, 0.2) is 12.2 Å². The Bertz CT molecular complexity index is 872. The van der Waals surface area contributed by atoms with Crippen molar-refractivity contribution in [3.63, 3.8) is 0 Å². The summed E-state index contributed by atoms with van der Waals surface area (Å²) in [6.07, 6.45) is 13.4. The van der Waals surface area contributed by atoms with E-state index in [1.165, 1.54) is 63.4 Å². The van der Waals surface area contributed by atoms with E-state index in [1.54, 1.807) is 6.92 Å². The Balaban J connectivity index is 1.50. The number of allylic oxidation sites excluding steroid dienone is 1. The minimum absolute atomic E-state index is 0.0550. The van der Waals surface area contributed by atoms with Crippen LogP contribution in [0.2, 0.25) is 0 Å². The van der Waals surface area contributed by atoms with Crippen molar-refractivity contribution >= 4 is 5.97 Å². The molecule has 5 fully saturated rings. The van der Waals surface area contributed by atoms with E-state index in [-0.39, 0.29) is 17.5 Å². The summed E-state index contributed by atoms with van der Waals surface area (Å²) in [6.45, 7) is 23.9. The van der Waals surface area contributed by atoms with Gasteiger partial charge in [0.15, 0.2) is 0 Å². The third-order valence-electron chi connectivity index (χ3n) is 13.7. The van der Waals surface area contributed by atoms with Gasteiger partial charge in [-0.1, -0.05) is 53.7 Å². The molecule has 5 aliphatic carbocycles. The van der Waals surface area contributed by atoms with E-state index < -0.39 is 0 Å². The predicted molar refractivity (Wildman–Crippen MR) is 140 cm³/mol. The van der Waals surface area contributed by atoms with E-state index >= 15 is 0 Å². The molecule has 0 radical (unpaired) electrons. The molecule has 0 saturated heterocycles. The fourth-order valence-corrected chi connectivity index (χ4v) is 11.9. The van der Waals surface area contributed by atoms with Crippen LogP contribution >= 0.6 is 0 Å².